The molecule has 7 heteroatoms. The topological polar surface area (TPSA) is 95.3 Å². The number of nitrogens with one attached hydrogen (secondary N) is 1. The van der Waals surface area contributed by atoms with E-state index in [0.717, 1.165) is 6.07 Å². The molecule has 0 bridgehead atoms. The Morgan fingerprint density at radius 2 is 1.89 bits per heavy atom. The van der Waals surface area contributed by atoms with E-state index >= 15 is 0 Å². The maximum Gasteiger partial charge on any atom is 0.335 e. The van der Waals surface area contributed by atoms with Gasteiger partial charge in [-0.3, -0.25) is 14.3 Å². The Morgan fingerprint density at radius 3 is 2.39 bits per heavy atom. The van der Waals surface area contributed by atoms with E-state index in [0.29, 0.717) is 5.69 Å². The van der Waals surface area contributed by atoms with Crippen LogP contribution in [0.15, 0.2) is 35.1 Å². The second kappa shape index (κ2) is 4.46. The molecule has 3 N–H and O–H groups in total. The lowest BCUT2D eigenvalue weighted by atomic mass is 10.2. The maximum atomic E-state index is 11.1. The minimum Gasteiger partial charge on any atom is -0.494 e. The highest BCUT2D eigenvalue weighted by Gasteiger charge is 2.06. The van der Waals surface area contributed by atoms with Gasteiger partial charge in [0.25, 0.3) is 5.56 Å². The minimum absolute atomic E-state index is 0.0306. The molecule has 1 aromatic carbocycles. The van der Waals surface area contributed by atoms with Crippen molar-refractivity contribution in [2.45, 2.75) is 0 Å². The third-order valence-electron chi connectivity index (χ3n) is 2.29. The molecule has 92 valence electrons. The number of hydrogen-bond acceptors (Lipinski definition) is 4. The molecular weight excluding hydrogens is 256 g/mol. The third-order valence-corrected chi connectivity index (χ3v) is 2.58. The van der Waals surface area contributed by atoms with Crippen LogP contribution in [0.4, 0.5) is 0 Å². The van der Waals surface area contributed by atoms with Crippen molar-refractivity contribution < 1.29 is 15.0 Å². The van der Waals surface area contributed by atoms with Crippen molar-refractivity contribution >= 4 is 18.2 Å². The van der Waals surface area contributed by atoms with E-state index in [2.05, 4.69) is 4.98 Å². The lowest BCUT2D eigenvalue weighted by Gasteiger charge is -2.08. The Hall–Kier alpha value is -2.41. The number of benzene rings is 1. The van der Waals surface area contributed by atoms with Crippen LogP contribution in [0.1, 0.15) is 10.4 Å². The lowest BCUT2D eigenvalue weighted by molar-refractivity contribution is 0.0697. The monoisotopic (exact) mass is 264 g/mol. The largest absolute Gasteiger partial charge is 0.494 e. The molecule has 0 saturated carbocycles. The van der Waals surface area contributed by atoms with Crippen molar-refractivity contribution in [3.8, 4) is 11.6 Å². The molecule has 0 aliphatic rings. The lowest BCUT2D eigenvalue weighted by Crippen LogP contribution is -2.11. The average Bonchev–Trinajstić information content (AvgIpc) is 2.28. The molecule has 0 amide bonds. The first kappa shape index (κ1) is 12.1. The number of aromatic nitrogens is 2. The molecule has 2 rings (SSSR count). The van der Waals surface area contributed by atoms with Crippen LogP contribution < -0.4 is 5.56 Å². The number of H-pyrrole nitrogens is 1. The summed E-state index contributed by atoms with van der Waals surface area (Å²) in [7, 11) is 0. The van der Waals surface area contributed by atoms with Gasteiger partial charge in [0, 0.05) is 0 Å². The summed E-state index contributed by atoms with van der Waals surface area (Å²) < 4.78 is 1.26. The molecule has 18 heavy (non-hydrogen) atoms. The Morgan fingerprint density at radius 1 is 1.28 bits per heavy atom. The molecule has 0 spiro atoms. The van der Waals surface area contributed by atoms with Gasteiger partial charge >= 0.3 is 5.97 Å². The molecule has 0 unspecified atom stereocenters. The van der Waals surface area contributed by atoms with Gasteiger partial charge in [-0.05, 0) is 36.5 Å². The standard InChI is InChI=1S/C11H8N2O4S/c14-8-5-9(15)13(11(18)12-8)7-3-1-6(2-4-7)10(16)17/h1-5,15H,(H,16,17)(H,12,14,18). The smallest absolute Gasteiger partial charge is 0.335 e. The number of rotatable bonds is 2. The van der Waals surface area contributed by atoms with Crippen LogP contribution in [0.2, 0.25) is 0 Å². The van der Waals surface area contributed by atoms with Crippen molar-refractivity contribution in [2.24, 2.45) is 0 Å². The van der Waals surface area contributed by atoms with Crippen LogP contribution in [0, 0.1) is 4.77 Å². The van der Waals surface area contributed by atoms with E-state index < -0.39 is 11.5 Å². The SMILES string of the molecule is O=C(O)c1ccc(-n2c(O)cc(=O)[nH]c2=S)cc1. The van der Waals surface area contributed by atoms with Crippen molar-refractivity contribution in [1.29, 1.82) is 0 Å². The van der Waals surface area contributed by atoms with Crippen LogP contribution >= 0.6 is 12.2 Å². The van der Waals surface area contributed by atoms with Crippen LogP contribution in [-0.2, 0) is 0 Å². The van der Waals surface area contributed by atoms with Gasteiger partial charge in [-0.25, -0.2) is 4.79 Å². The van der Waals surface area contributed by atoms with Crippen molar-refractivity contribution in [3.63, 3.8) is 0 Å². The fourth-order valence-corrected chi connectivity index (χ4v) is 1.79. The number of aromatic amines is 1. The van der Waals surface area contributed by atoms with Crippen LogP contribution in [0.3, 0.4) is 0 Å². The maximum absolute atomic E-state index is 11.1. The van der Waals surface area contributed by atoms with Gasteiger partial charge in [-0.15, -0.1) is 0 Å². The summed E-state index contributed by atoms with van der Waals surface area (Å²) >= 11 is 4.92. The first-order valence-corrected chi connectivity index (χ1v) is 5.29. The van der Waals surface area contributed by atoms with E-state index in [-0.39, 0.29) is 16.2 Å². The number of carboxylic acid groups (broad SMARTS) is 1. The molecule has 6 nitrogen and oxygen atoms in total. The summed E-state index contributed by atoms with van der Waals surface area (Å²) in [6, 6.07) is 6.71. The van der Waals surface area contributed by atoms with Crippen LogP contribution in [0.25, 0.3) is 5.69 Å². The summed E-state index contributed by atoms with van der Waals surface area (Å²) in [5.41, 5.74) is 0.0730. The number of nitrogens with zero attached hydrogens (tertiary/aromatic N) is 1. The highest BCUT2D eigenvalue weighted by atomic mass is 32.1. The third kappa shape index (κ3) is 2.16. The molecule has 1 aromatic heterocycles. The first-order chi connectivity index (χ1) is 8.49. The van der Waals surface area contributed by atoms with E-state index in [4.69, 9.17) is 17.3 Å². The Balaban J connectivity index is 2.59. The van der Waals surface area contributed by atoms with Gasteiger partial charge in [0.05, 0.1) is 17.3 Å². The minimum atomic E-state index is -1.05. The second-order valence-corrected chi connectivity index (χ2v) is 3.87. The van der Waals surface area contributed by atoms with Gasteiger partial charge in [0.15, 0.2) is 4.77 Å². The molecule has 0 aliphatic carbocycles. The summed E-state index contributed by atoms with van der Waals surface area (Å²) in [4.78, 5) is 24.1. The Labute approximate surface area is 106 Å². The molecule has 0 saturated heterocycles. The second-order valence-electron chi connectivity index (χ2n) is 3.48. The Kier molecular flexibility index (Phi) is 2.99. The number of carboxylic acids is 1. The van der Waals surface area contributed by atoms with E-state index in [1.54, 1.807) is 0 Å². The molecule has 0 aliphatic heterocycles. The number of carbonyl (C=O) groups is 1. The number of aromatic hydroxyl groups is 1. The average molecular weight is 264 g/mol. The molecular formula is C11H8N2O4S. The number of aromatic carboxylic acids is 1. The summed E-state index contributed by atoms with van der Waals surface area (Å²) in [6.45, 7) is 0. The molecule has 0 fully saturated rings. The molecule has 1 heterocycles. The van der Waals surface area contributed by atoms with Crippen molar-refractivity contribution in [3.05, 3.63) is 51.0 Å². The van der Waals surface area contributed by atoms with E-state index in [1.165, 1.54) is 28.8 Å². The Bertz CT molecular complexity index is 715. The van der Waals surface area contributed by atoms with Gasteiger partial charge < -0.3 is 10.2 Å². The zero-order valence-corrected chi connectivity index (χ0v) is 9.77. The van der Waals surface area contributed by atoms with Crippen LogP contribution in [0.5, 0.6) is 5.88 Å². The van der Waals surface area contributed by atoms with Gasteiger partial charge in [0.1, 0.15) is 0 Å². The predicted molar refractivity (Wildman–Crippen MR) is 65.8 cm³/mol. The summed E-state index contributed by atoms with van der Waals surface area (Å²) in [6.07, 6.45) is 0. The number of hydrogen-bond donors (Lipinski definition) is 3. The van der Waals surface area contributed by atoms with Crippen LogP contribution in [-0.4, -0.2) is 25.7 Å². The van der Waals surface area contributed by atoms with Gasteiger partial charge in [-0.1, -0.05) is 0 Å². The summed E-state index contributed by atoms with van der Waals surface area (Å²) in [5, 5.41) is 18.4. The fraction of sp³-hybridized carbons (Fsp3) is 0. The van der Waals surface area contributed by atoms with Crippen molar-refractivity contribution in [2.75, 3.05) is 0 Å². The molecule has 0 atom stereocenters. The zero-order valence-electron chi connectivity index (χ0n) is 8.95. The van der Waals surface area contributed by atoms with Crippen molar-refractivity contribution in [1.82, 2.24) is 9.55 Å². The molecule has 0 radical (unpaired) electrons. The summed E-state index contributed by atoms with van der Waals surface area (Å²) in [5.74, 6) is -1.36. The highest BCUT2D eigenvalue weighted by Crippen LogP contribution is 2.16. The van der Waals surface area contributed by atoms with E-state index in [9.17, 15) is 14.7 Å². The predicted octanol–water partition coefficient (Wildman–Crippen LogP) is 1.30. The first-order valence-electron chi connectivity index (χ1n) is 4.88. The quantitative estimate of drug-likeness (QED) is 0.710. The van der Waals surface area contributed by atoms with Gasteiger partial charge in [-0.2, -0.15) is 0 Å². The molecule has 2 aromatic rings. The normalized spacial score (nSPS) is 10.2. The highest BCUT2D eigenvalue weighted by molar-refractivity contribution is 7.71. The fourth-order valence-electron chi connectivity index (χ4n) is 1.49. The van der Waals surface area contributed by atoms with E-state index in [1.807, 2.05) is 0 Å². The van der Waals surface area contributed by atoms with Gasteiger partial charge in [0.2, 0.25) is 5.88 Å². The zero-order chi connectivity index (χ0) is 13.3.